The summed E-state index contributed by atoms with van der Waals surface area (Å²) in [6.07, 6.45) is 1.90. The zero-order valence-corrected chi connectivity index (χ0v) is 12.6. The first-order valence-electron chi connectivity index (χ1n) is 6.12. The second kappa shape index (κ2) is 5.60. The SMILES string of the molecule is COC(=O)c1sccc1S(=O)(=O)N1CCC[C@H](C)C1. The molecule has 1 aliphatic heterocycles. The third-order valence-electron chi connectivity index (χ3n) is 3.24. The lowest BCUT2D eigenvalue weighted by molar-refractivity contribution is 0.0602. The second-order valence-corrected chi connectivity index (χ2v) is 7.54. The van der Waals surface area contributed by atoms with Crippen LogP contribution in [-0.4, -0.2) is 38.9 Å². The van der Waals surface area contributed by atoms with Crippen molar-refractivity contribution in [3.05, 3.63) is 16.3 Å². The third kappa shape index (κ3) is 2.82. The highest BCUT2D eigenvalue weighted by molar-refractivity contribution is 7.89. The minimum Gasteiger partial charge on any atom is -0.465 e. The highest BCUT2D eigenvalue weighted by Crippen LogP contribution is 2.28. The zero-order valence-electron chi connectivity index (χ0n) is 11.0. The van der Waals surface area contributed by atoms with Crippen molar-refractivity contribution in [2.75, 3.05) is 20.2 Å². The van der Waals surface area contributed by atoms with Crippen molar-refractivity contribution in [3.63, 3.8) is 0 Å². The molecule has 0 N–H and O–H groups in total. The normalized spacial score (nSPS) is 21.3. The summed E-state index contributed by atoms with van der Waals surface area (Å²) < 4.78 is 31.2. The highest BCUT2D eigenvalue weighted by atomic mass is 32.2. The minimum absolute atomic E-state index is 0.0680. The molecule has 0 aliphatic carbocycles. The topological polar surface area (TPSA) is 63.7 Å². The summed E-state index contributed by atoms with van der Waals surface area (Å²) in [4.78, 5) is 11.8. The lowest BCUT2D eigenvalue weighted by Crippen LogP contribution is -2.39. The lowest BCUT2D eigenvalue weighted by atomic mass is 10.0. The number of esters is 1. The molecule has 1 aliphatic rings. The molecule has 5 nitrogen and oxygen atoms in total. The van der Waals surface area contributed by atoms with Gasteiger partial charge in [-0.1, -0.05) is 6.92 Å². The summed E-state index contributed by atoms with van der Waals surface area (Å²) in [5.41, 5.74) is 0. The summed E-state index contributed by atoms with van der Waals surface area (Å²) in [6, 6.07) is 1.48. The van der Waals surface area contributed by atoms with E-state index in [9.17, 15) is 13.2 Å². The molecule has 1 atom stereocenters. The van der Waals surface area contributed by atoms with E-state index in [4.69, 9.17) is 0 Å². The number of hydrogen-bond acceptors (Lipinski definition) is 5. The molecule has 1 fully saturated rings. The molecule has 7 heteroatoms. The van der Waals surface area contributed by atoms with Gasteiger partial charge in [0.05, 0.1) is 7.11 Å². The molecule has 106 valence electrons. The Balaban J connectivity index is 2.34. The third-order valence-corrected chi connectivity index (χ3v) is 6.17. The smallest absolute Gasteiger partial charge is 0.349 e. The van der Waals surface area contributed by atoms with Crippen LogP contribution in [-0.2, 0) is 14.8 Å². The lowest BCUT2D eigenvalue weighted by Gasteiger charge is -2.29. The number of carbonyl (C=O) groups is 1. The molecule has 0 bridgehead atoms. The molecule has 19 heavy (non-hydrogen) atoms. The second-order valence-electron chi connectivity index (χ2n) is 4.72. The summed E-state index contributed by atoms with van der Waals surface area (Å²) in [6.45, 7) is 3.07. The molecule has 2 heterocycles. The number of hydrogen-bond donors (Lipinski definition) is 0. The van der Waals surface area contributed by atoms with Crippen LogP contribution in [0.2, 0.25) is 0 Å². The first-order valence-corrected chi connectivity index (χ1v) is 8.44. The van der Waals surface area contributed by atoms with Crippen LogP contribution in [0.25, 0.3) is 0 Å². The maximum absolute atomic E-state index is 12.6. The quantitative estimate of drug-likeness (QED) is 0.801. The first-order chi connectivity index (χ1) is 8.96. The van der Waals surface area contributed by atoms with Gasteiger partial charge < -0.3 is 4.74 Å². The molecule has 0 radical (unpaired) electrons. The summed E-state index contributed by atoms with van der Waals surface area (Å²) in [7, 11) is -2.34. The van der Waals surface area contributed by atoms with Crippen molar-refractivity contribution in [1.82, 2.24) is 4.31 Å². The van der Waals surface area contributed by atoms with Crippen LogP contribution in [0, 0.1) is 5.92 Å². The monoisotopic (exact) mass is 303 g/mol. The van der Waals surface area contributed by atoms with Gasteiger partial charge in [0.2, 0.25) is 10.0 Å². The van der Waals surface area contributed by atoms with Gasteiger partial charge in [0.1, 0.15) is 9.77 Å². The molecule has 0 saturated carbocycles. The number of piperidine rings is 1. The Bertz CT molecular complexity index is 564. The summed E-state index contributed by atoms with van der Waals surface area (Å²) >= 11 is 1.09. The Labute approximate surface area is 117 Å². The number of nitrogens with zero attached hydrogens (tertiary/aromatic N) is 1. The van der Waals surface area contributed by atoms with Crippen molar-refractivity contribution < 1.29 is 17.9 Å². The molecule has 2 rings (SSSR count). The largest absolute Gasteiger partial charge is 0.465 e. The van der Waals surface area contributed by atoms with E-state index in [0.29, 0.717) is 19.0 Å². The van der Waals surface area contributed by atoms with Gasteiger partial charge in [0, 0.05) is 13.1 Å². The van der Waals surface area contributed by atoms with Gasteiger partial charge in [0.25, 0.3) is 0 Å². The van der Waals surface area contributed by atoms with Crippen LogP contribution < -0.4 is 0 Å². The molecular formula is C12H17NO4S2. The summed E-state index contributed by atoms with van der Waals surface area (Å²) in [5.74, 6) is -0.248. The van der Waals surface area contributed by atoms with Gasteiger partial charge in [-0.05, 0) is 30.2 Å². The van der Waals surface area contributed by atoms with Crippen LogP contribution in [0.5, 0.6) is 0 Å². The maximum atomic E-state index is 12.6. The van der Waals surface area contributed by atoms with Gasteiger partial charge in [-0.15, -0.1) is 11.3 Å². The Hall–Kier alpha value is -0.920. The van der Waals surface area contributed by atoms with Crippen molar-refractivity contribution in [3.8, 4) is 0 Å². The van der Waals surface area contributed by atoms with E-state index in [1.807, 2.05) is 6.92 Å². The van der Waals surface area contributed by atoms with Crippen molar-refractivity contribution in [2.24, 2.45) is 5.92 Å². The van der Waals surface area contributed by atoms with E-state index >= 15 is 0 Å². The van der Waals surface area contributed by atoms with Crippen molar-refractivity contribution >= 4 is 27.3 Å². The standard InChI is InChI=1S/C12H17NO4S2/c1-9-4-3-6-13(8-9)19(15,16)10-5-7-18-11(10)12(14)17-2/h5,7,9H,3-4,6,8H2,1-2H3/t9-/m0/s1. The van der Waals surface area contributed by atoms with E-state index in [1.165, 1.54) is 17.5 Å². The molecule has 1 saturated heterocycles. The van der Waals surface area contributed by atoms with E-state index in [2.05, 4.69) is 4.74 Å². The average molecular weight is 303 g/mol. The Morgan fingerprint density at radius 2 is 2.26 bits per heavy atom. The molecular weight excluding hydrogens is 286 g/mol. The van der Waals surface area contributed by atoms with Gasteiger partial charge in [0.15, 0.2) is 0 Å². The van der Waals surface area contributed by atoms with Gasteiger partial charge in [-0.3, -0.25) is 0 Å². The number of ether oxygens (including phenoxy) is 1. The molecule has 0 unspecified atom stereocenters. The molecule has 0 aromatic carbocycles. The maximum Gasteiger partial charge on any atom is 0.349 e. The number of carbonyl (C=O) groups excluding carboxylic acids is 1. The average Bonchev–Trinajstić information content (AvgIpc) is 2.87. The number of thiophene rings is 1. The zero-order chi connectivity index (χ0) is 14.0. The predicted molar refractivity (Wildman–Crippen MR) is 72.8 cm³/mol. The first kappa shape index (κ1) is 14.5. The minimum atomic E-state index is -3.59. The summed E-state index contributed by atoms with van der Waals surface area (Å²) in [5, 5.41) is 1.60. The van der Waals surface area contributed by atoms with Crippen LogP contribution in [0.4, 0.5) is 0 Å². The molecule has 0 amide bonds. The van der Waals surface area contributed by atoms with Crippen LogP contribution in [0.1, 0.15) is 29.4 Å². The fraction of sp³-hybridized carbons (Fsp3) is 0.583. The van der Waals surface area contributed by atoms with Crippen LogP contribution in [0.3, 0.4) is 0 Å². The number of methoxy groups -OCH3 is 1. The predicted octanol–water partition coefficient (Wildman–Crippen LogP) is 1.96. The number of sulfonamides is 1. The molecule has 1 aromatic rings. The number of rotatable bonds is 3. The van der Waals surface area contributed by atoms with Crippen LogP contribution in [0.15, 0.2) is 16.3 Å². The van der Waals surface area contributed by atoms with E-state index in [1.54, 1.807) is 5.38 Å². The fourth-order valence-corrected chi connectivity index (χ4v) is 5.15. The van der Waals surface area contributed by atoms with E-state index in [0.717, 1.165) is 24.2 Å². The van der Waals surface area contributed by atoms with Gasteiger partial charge in [-0.25, -0.2) is 13.2 Å². The highest BCUT2D eigenvalue weighted by Gasteiger charge is 2.32. The van der Waals surface area contributed by atoms with Gasteiger partial charge >= 0.3 is 5.97 Å². The van der Waals surface area contributed by atoms with Crippen molar-refractivity contribution in [2.45, 2.75) is 24.7 Å². The van der Waals surface area contributed by atoms with Gasteiger partial charge in [-0.2, -0.15) is 4.31 Å². The van der Waals surface area contributed by atoms with Crippen molar-refractivity contribution in [1.29, 1.82) is 0 Å². The van der Waals surface area contributed by atoms with Crippen LogP contribution >= 0.6 is 11.3 Å². The Kier molecular flexibility index (Phi) is 4.27. The Morgan fingerprint density at radius 1 is 1.53 bits per heavy atom. The fourth-order valence-electron chi connectivity index (χ4n) is 2.25. The Morgan fingerprint density at radius 3 is 2.89 bits per heavy atom. The van der Waals surface area contributed by atoms with E-state index in [-0.39, 0.29) is 9.77 Å². The molecule has 0 spiro atoms. The molecule has 1 aromatic heterocycles. The van der Waals surface area contributed by atoms with E-state index < -0.39 is 16.0 Å².